The van der Waals surface area contributed by atoms with Gasteiger partial charge in [-0.1, -0.05) is 24.3 Å². The van der Waals surface area contributed by atoms with Crippen molar-refractivity contribution in [1.29, 1.82) is 0 Å². The highest BCUT2D eigenvalue weighted by molar-refractivity contribution is 5.81. The number of nitrogens with zero attached hydrogens (tertiary/aromatic N) is 3. The van der Waals surface area contributed by atoms with Crippen LogP contribution in [0.5, 0.6) is 5.75 Å². The molecule has 5 rings (SSSR count). The zero-order chi connectivity index (χ0) is 22.6. The Kier molecular flexibility index (Phi) is 6.71. The number of carbonyl (C=O) groups excluding carboxylic acids is 1. The molecule has 2 aliphatic heterocycles. The maximum absolute atomic E-state index is 12.3. The van der Waals surface area contributed by atoms with E-state index in [1.54, 1.807) is 0 Å². The number of hydrogen-bond donors (Lipinski definition) is 2. The maximum atomic E-state index is 12.3. The number of rotatable bonds is 9. The van der Waals surface area contributed by atoms with Crippen molar-refractivity contribution in [3.8, 4) is 5.75 Å². The molecule has 174 valence electrons. The first kappa shape index (κ1) is 22.1. The van der Waals surface area contributed by atoms with Crippen molar-refractivity contribution in [3.63, 3.8) is 0 Å². The number of fused-ring (bicyclic) bond motifs is 2. The Bertz CT molecular complexity index is 1110. The highest BCUT2D eigenvalue weighted by Crippen LogP contribution is 2.25. The number of aliphatic hydroxyl groups excluding tert-OH is 1. The lowest BCUT2D eigenvalue weighted by Gasteiger charge is -2.30. The van der Waals surface area contributed by atoms with Crippen LogP contribution in [0.25, 0.3) is 10.9 Å². The van der Waals surface area contributed by atoms with E-state index in [0.29, 0.717) is 31.2 Å². The molecule has 7 nitrogen and oxygen atoms in total. The summed E-state index contributed by atoms with van der Waals surface area (Å²) in [6.07, 6.45) is 4.22. The molecule has 0 aliphatic carbocycles. The molecule has 7 heteroatoms. The van der Waals surface area contributed by atoms with E-state index in [2.05, 4.69) is 44.3 Å². The van der Waals surface area contributed by atoms with Gasteiger partial charge in [-0.2, -0.15) is 5.10 Å². The Morgan fingerprint density at radius 1 is 1.24 bits per heavy atom. The van der Waals surface area contributed by atoms with Gasteiger partial charge in [-0.15, -0.1) is 0 Å². The monoisotopic (exact) mass is 448 g/mol. The first-order valence-corrected chi connectivity index (χ1v) is 12.0. The second kappa shape index (κ2) is 10.0. The van der Waals surface area contributed by atoms with E-state index in [4.69, 9.17) is 4.74 Å². The minimum Gasteiger partial charge on any atom is -0.486 e. The fourth-order valence-electron chi connectivity index (χ4n) is 4.92. The fourth-order valence-corrected chi connectivity index (χ4v) is 4.92. The number of Topliss-reactive ketones (excluding diaryl/α,β-unsaturated/α-hetero) is 1. The SMILES string of the molecule is O=C(CCC(O)CN1CCc2ccccc2C1)COc1ccc2c(cnn2C2CCNC2)c1. The van der Waals surface area contributed by atoms with Gasteiger partial charge in [0.25, 0.3) is 0 Å². The number of carbonyl (C=O) groups is 1. The third-order valence-corrected chi connectivity index (χ3v) is 6.78. The molecule has 33 heavy (non-hydrogen) atoms. The van der Waals surface area contributed by atoms with Crippen LogP contribution in [0.15, 0.2) is 48.7 Å². The molecular weight excluding hydrogens is 416 g/mol. The molecule has 1 fully saturated rings. The summed E-state index contributed by atoms with van der Waals surface area (Å²) in [4.78, 5) is 14.6. The van der Waals surface area contributed by atoms with E-state index < -0.39 is 6.10 Å². The summed E-state index contributed by atoms with van der Waals surface area (Å²) in [5, 5.41) is 19.4. The van der Waals surface area contributed by atoms with Crippen LogP contribution in [0.4, 0.5) is 0 Å². The molecule has 3 heterocycles. The molecule has 1 saturated heterocycles. The van der Waals surface area contributed by atoms with Crippen molar-refractivity contribution in [2.45, 2.75) is 44.4 Å². The number of ether oxygens (including phenoxy) is 1. The topological polar surface area (TPSA) is 79.6 Å². The molecule has 0 amide bonds. The molecule has 0 radical (unpaired) electrons. The normalized spacial score (nSPS) is 19.5. The average molecular weight is 449 g/mol. The Labute approximate surface area is 194 Å². The predicted molar refractivity (Wildman–Crippen MR) is 127 cm³/mol. The summed E-state index contributed by atoms with van der Waals surface area (Å²) in [6, 6.07) is 14.7. The van der Waals surface area contributed by atoms with Crippen molar-refractivity contribution in [3.05, 3.63) is 59.8 Å². The summed E-state index contributed by atoms with van der Waals surface area (Å²) >= 11 is 0. The van der Waals surface area contributed by atoms with Crippen LogP contribution in [0.2, 0.25) is 0 Å². The van der Waals surface area contributed by atoms with Crippen molar-refractivity contribution < 1.29 is 14.6 Å². The van der Waals surface area contributed by atoms with Crippen LogP contribution in [-0.4, -0.2) is 64.5 Å². The summed E-state index contributed by atoms with van der Waals surface area (Å²) in [5.41, 5.74) is 3.82. The van der Waals surface area contributed by atoms with E-state index in [9.17, 15) is 9.90 Å². The molecule has 0 spiro atoms. The van der Waals surface area contributed by atoms with Crippen LogP contribution >= 0.6 is 0 Å². The summed E-state index contributed by atoms with van der Waals surface area (Å²) in [7, 11) is 0. The van der Waals surface area contributed by atoms with Crippen LogP contribution < -0.4 is 10.1 Å². The number of benzene rings is 2. The van der Waals surface area contributed by atoms with Gasteiger partial charge in [0.15, 0.2) is 5.78 Å². The van der Waals surface area contributed by atoms with Gasteiger partial charge in [-0.3, -0.25) is 14.4 Å². The lowest BCUT2D eigenvalue weighted by Crippen LogP contribution is -2.36. The predicted octanol–water partition coefficient (Wildman–Crippen LogP) is 2.72. The van der Waals surface area contributed by atoms with Gasteiger partial charge < -0.3 is 15.2 Å². The smallest absolute Gasteiger partial charge is 0.170 e. The third kappa shape index (κ3) is 5.27. The number of ketones is 1. The zero-order valence-corrected chi connectivity index (χ0v) is 18.9. The van der Waals surface area contributed by atoms with Crippen molar-refractivity contribution in [2.24, 2.45) is 0 Å². The second-order valence-corrected chi connectivity index (χ2v) is 9.23. The van der Waals surface area contributed by atoms with E-state index >= 15 is 0 Å². The van der Waals surface area contributed by atoms with E-state index in [1.807, 2.05) is 24.4 Å². The Morgan fingerprint density at radius 2 is 2.12 bits per heavy atom. The van der Waals surface area contributed by atoms with Crippen LogP contribution in [0, 0.1) is 0 Å². The summed E-state index contributed by atoms with van der Waals surface area (Å²) in [5.74, 6) is 0.679. The number of hydrogen-bond acceptors (Lipinski definition) is 6. The number of aliphatic hydroxyl groups is 1. The van der Waals surface area contributed by atoms with Gasteiger partial charge in [0, 0.05) is 38.0 Å². The van der Waals surface area contributed by atoms with E-state index in [1.165, 1.54) is 11.1 Å². The lowest BCUT2D eigenvalue weighted by molar-refractivity contribution is -0.121. The summed E-state index contributed by atoms with van der Waals surface area (Å²) in [6.45, 7) is 4.40. The second-order valence-electron chi connectivity index (χ2n) is 9.23. The lowest BCUT2D eigenvalue weighted by atomic mass is 9.99. The number of nitrogens with one attached hydrogen (secondary N) is 1. The van der Waals surface area contributed by atoms with Gasteiger partial charge in [-0.25, -0.2) is 0 Å². The quantitative estimate of drug-likeness (QED) is 0.524. The number of β-amino-alcohol motifs (C(OH)–C–C–N with tert-alkyl or cyclic N) is 1. The first-order chi connectivity index (χ1) is 16.2. The van der Waals surface area contributed by atoms with Crippen LogP contribution in [0.3, 0.4) is 0 Å². The van der Waals surface area contributed by atoms with E-state index in [-0.39, 0.29) is 12.4 Å². The van der Waals surface area contributed by atoms with E-state index in [0.717, 1.165) is 49.9 Å². The summed E-state index contributed by atoms with van der Waals surface area (Å²) < 4.78 is 7.82. The molecule has 0 bridgehead atoms. The molecular formula is C26H32N4O3. The molecule has 3 aromatic rings. The highest BCUT2D eigenvalue weighted by atomic mass is 16.5. The van der Waals surface area contributed by atoms with Gasteiger partial charge in [0.1, 0.15) is 12.4 Å². The van der Waals surface area contributed by atoms with Gasteiger partial charge >= 0.3 is 0 Å². The molecule has 2 aliphatic rings. The largest absolute Gasteiger partial charge is 0.486 e. The Balaban J connectivity index is 1.07. The molecule has 1 aromatic heterocycles. The average Bonchev–Trinajstić information content (AvgIpc) is 3.51. The number of aromatic nitrogens is 2. The van der Waals surface area contributed by atoms with Crippen molar-refractivity contribution in [2.75, 3.05) is 32.8 Å². The molecule has 2 N–H and O–H groups in total. The molecule has 0 saturated carbocycles. The fraction of sp³-hybridized carbons (Fsp3) is 0.462. The molecule has 2 unspecified atom stereocenters. The first-order valence-electron chi connectivity index (χ1n) is 12.0. The standard InChI is InChI=1S/C26H32N4O3/c31-23(17-29-12-10-19-3-1-2-4-20(19)16-29)5-6-24(32)18-33-25-7-8-26-21(13-25)14-28-30(26)22-9-11-27-15-22/h1-4,7-8,13-14,22-23,27,31H,5-6,9-12,15-18H2. The van der Waals surface area contributed by atoms with Crippen molar-refractivity contribution >= 4 is 16.7 Å². The minimum atomic E-state index is -0.508. The Morgan fingerprint density at radius 3 is 2.97 bits per heavy atom. The van der Waals surface area contributed by atoms with Crippen LogP contribution in [0.1, 0.15) is 36.4 Å². The molecule has 2 aromatic carbocycles. The minimum absolute atomic E-state index is 0.00543. The zero-order valence-electron chi connectivity index (χ0n) is 18.9. The van der Waals surface area contributed by atoms with Crippen LogP contribution in [-0.2, 0) is 17.8 Å². The maximum Gasteiger partial charge on any atom is 0.170 e. The molecule has 2 atom stereocenters. The van der Waals surface area contributed by atoms with Gasteiger partial charge in [-0.05, 0) is 55.1 Å². The van der Waals surface area contributed by atoms with Gasteiger partial charge in [0.2, 0.25) is 0 Å². The van der Waals surface area contributed by atoms with Gasteiger partial charge in [0.05, 0.1) is 23.9 Å². The Hall–Kier alpha value is -2.74. The van der Waals surface area contributed by atoms with Crippen molar-refractivity contribution in [1.82, 2.24) is 20.0 Å². The third-order valence-electron chi connectivity index (χ3n) is 6.78. The highest BCUT2D eigenvalue weighted by Gasteiger charge is 2.20.